The number of aliphatic carboxylic acids is 1. The zero-order valence-corrected chi connectivity index (χ0v) is 12.5. The van der Waals surface area contributed by atoms with E-state index in [0.717, 1.165) is 32.1 Å². The van der Waals surface area contributed by atoms with Crippen LogP contribution in [-0.2, 0) is 14.3 Å². The molecule has 1 saturated heterocycles. The Morgan fingerprint density at radius 1 is 1.09 bits per heavy atom. The lowest BCUT2D eigenvalue weighted by atomic mass is 9.84. The zero-order valence-electron chi connectivity index (χ0n) is 12.5. The summed E-state index contributed by atoms with van der Waals surface area (Å²) in [5.41, 5.74) is 0. The van der Waals surface area contributed by atoms with Gasteiger partial charge in [0.25, 0.3) is 0 Å². The maximum Gasteiger partial charge on any atom is 0.306 e. The number of aliphatic hydroxyl groups is 1. The predicted octanol–water partition coefficient (Wildman–Crippen LogP) is 3.14. The normalized spacial score (nSPS) is 33.6. The van der Waals surface area contributed by atoms with Crippen LogP contribution in [0.4, 0.5) is 0 Å². The van der Waals surface area contributed by atoms with E-state index in [9.17, 15) is 14.7 Å². The van der Waals surface area contributed by atoms with Gasteiger partial charge in [-0.05, 0) is 38.0 Å². The van der Waals surface area contributed by atoms with E-state index in [1.807, 2.05) is 0 Å². The highest BCUT2D eigenvalue weighted by Gasteiger charge is 2.35. The smallest absolute Gasteiger partial charge is 0.306 e. The molecule has 3 rings (SSSR count). The average Bonchev–Trinajstić information content (AvgIpc) is 2.81. The lowest BCUT2D eigenvalue weighted by Gasteiger charge is -2.25. The Kier molecular flexibility index (Phi) is 7.87. The molecule has 2 saturated carbocycles. The Hall–Kier alpha value is -1.10. The van der Waals surface area contributed by atoms with Crippen LogP contribution < -0.4 is 0 Å². The molecule has 0 radical (unpaired) electrons. The molecule has 5 nitrogen and oxygen atoms in total. The molecule has 2 N–H and O–H groups in total. The number of aliphatic hydroxyl groups excluding tert-OH is 1. The van der Waals surface area contributed by atoms with Gasteiger partial charge in [-0.3, -0.25) is 9.59 Å². The highest BCUT2D eigenvalue weighted by molar-refractivity contribution is 5.72. The Balaban J connectivity index is 0.000000211. The second kappa shape index (κ2) is 9.13. The van der Waals surface area contributed by atoms with E-state index in [0.29, 0.717) is 18.4 Å². The molecule has 3 fully saturated rings. The fourth-order valence-corrected chi connectivity index (χ4v) is 3.64. The molecule has 2 aliphatic carbocycles. The van der Waals surface area contributed by atoms with Crippen molar-refractivity contribution in [3.63, 3.8) is 0 Å². The molecule has 3 aliphatic rings. The molecule has 0 aromatic rings. The lowest BCUT2D eigenvalue weighted by Crippen LogP contribution is -2.26. The third kappa shape index (κ3) is 5.59. The average molecular weight is 314 g/mol. The lowest BCUT2D eigenvalue weighted by molar-refractivity contribution is -0.142. The van der Waals surface area contributed by atoms with E-state index in [4.69, 9.17) is 9.84 Å². The van der Waals surface area contributed by atoms with Gasteiger partial charge >= 0.3 is 11.9 Å². The minimum Gasteiger partial charge on any atom is -0.481 e. The van der Waals surface area contributed by atoms with E-state index >= 15 is 0 Å². The summed E-state index contributed by atoms with van der Waals surface area (Å²) in [7, 11) is 0. The Morgan fingerprint density at radius 3 is 2.36 bits per heavy atom. The number of hydrogen-bond acceptors (Lipinski definition) is 4. The van der Waals surface area contributed by atoms with Crippen molar-refractivity contribution < 1.29 is 24.5 Å². The molecule has 1 heterocycles. The molecular weight excluding hydrogens is 284 g/mol. The molecule has 22 heavy (non-hydrogen) atoms. The maximum atomic E-state index is 10.8. The van der Waals surface area contributed by atoms with Gasteiger partial charge < -0.3 is 14.9 Å². The van der Waals surface area contributed by atoms with Crippen LogP contribution in [0.3, 0.4) is 0 Å². The van der Waals surface area contributed by atoms with E-state index in [1.54, 1.807) is 0 Å². The Labute approximate surface area is 133 Å². The Bertz CT molecular complexity index is 352. The van der Waals surface area contributed by atoms with Crippen LogP contribution in [0.25, 0.3) is 0 Å². The number of carbonyl (C=O) groups is 2. The third-order valence-electron chi connectivity index (χ3n) is 4.86. The van der Waals surface area contributed by atoms with E-state index in [1.165, 1.54) is 19.3 Å². The monoisotopic (exact) mass is 314 g/mol. The van der Waals surface area contributed by atoms with Crippen molar-refractivity contribution in [1.82, 2.24) is 0 Å². The van der Waals surface area contributed by atoms with Crippen LogP contribution in [0, 0.1) is 11.8 Å². The molecule has 0 bridgehead atoms. The summed E-state index contributed by atoms with van der Waals surface area (Å²) in [4.78, 5) is 21.1. The summed E-state index contributed by atoms with van der Waals surface area (Å²) in [5.74, 6) is -0.199. The van der Waals surface area contributed by atoms with Crippen LogP contribution in [-0.4, -0.2) is 34.4 Å². The number of fused-ring (bicyclic) bond motifs is 1. The number of hydrogen-bond donors (Lipinski definition) is 2. The van der Waals surface area contributed by atoms with Gasteiger partial charge in [-0.25, -0.2) is 0 Å². The van der Waals surface area contributed by atoms with Crippen molar-refractivity contribution in [1.29, 1.82) is 0 Å². The summed E-state index contributed by atoms with van der Waals surface area (Å²) in [6, 6.07) is 0. The minimum absolute atomic E-state index is 0. The van der Waals surface area contributed by atoms with Crippen molar-refractivity contribution >= 4 is 11.9 Å². The van der Waals surface area contributed by atoms with Crippen molar-refractivity contribution in [2.75, 3.05) is 0 Å². The Morgan fingerprint density at radius 2 is 1.73 bits per heavy atom. The summed E-state index contributed by atoms with van der Waals surface area (Å²) < 4.78 is 5.13. The third-order valence-corrected chi connectivity index (χ3v) is 4.86. The van der Waals surface area contributed by atoms with Crippen molar-refractivity contribution in [3.8, 4) is 0 Å². The highest BCUT2D eigenvalue weighted by Crippen LogP contribution is 2.34. The van der Waals surface area contributed by atoms with E-state index in [-0.39, 0.29) is 31.8 Å². The first-order chi connectivity index (χ1) is 10.1. The second-order valence-electron chi connectivity index (χ2n) is 6.49. The maximum absolute atomic E-state index is 10.8. The van der Waals surface area contributed by atoms with Crippen LogP contribution in [0.2, 0.25) is 0 Å². The fourth-order valence-electron chi connectivity index (χ4n) is 3.64. The van der Waals surface area contributed by atoms with Crippen molar-refractivity contribution in [3.05, 3.63) is 0 Å². The predicted molar refractivity (Wildman–Crippen MR) is 83.4 cm³/mol. The molecule has 0 spiro atoms. The summed E-state index contributed by atoms with van der Waals surface area (Å²) in [6.45, 7) is 0. The number of rotatable bonds is 2. The van der Waals surface area contributed by atoms with Gasteiger partial charge in [0, 0.05) is 5.92 Å². The number of ether oxygens (including phenoxy) is 1. The van der Waals surface area contributed by atoms with Crippen molar-refractivity contribution in [2.45, 2.75) is 83.8 Å². The SMILES string of the molecule is C.O=C(O)C[C@H]1CCCC[C@@H]1O.O=C1C[C@H]2CCCC[C@@H]2O1. The van der Waals surface area contributed by atoms with Gasteiger partial charge in [0.2, 0.25) is 0 Å². The first-order valence-corrected chi connectivity index (χ1v) is 8.15. The molecule has 128 valence electrons. The fraction of sp³-hybridized carbons (Fsp3) is 0.882. The number of esters is 1. The number of carboxylic acid groups (broad SMARTS) is 1. The summed E-state index contributed by atoms with van der Waals surface area (Å²) >= 11 is 0. The molecule has 4 atom stereocenters. The van der Waals surface area contributed by atoms with Crippen LogP contribution in [0.1, 0.15) is 71.6 Å². The standard InChI is InChI=1S/C8H14O3.C8H12O2.CH4/c9-7-4-2-1-3-6(7)5-8(10)11;9-8-5-6-3-1-2-4-7(6)10-8;/h6-7,9H,1-5H2,(H,10,11);6-7H,1-5H2;1H4/t2*6-,7+;/m11./s1. The van der Waals surface area contributed by atoms with Gasteiger partial charge in [0.05, 0.1) is 18.9 Å². The molecule has 0 aromatic heterocycles. The molecule has 0 aromatic carbocycles. The summed E-state index contributed by atoms with van der Waals surface area (Å²) in [6.07, 6.45) is 9.32. The van der Waals surface area contributed by atoms with Gasteiger partial charge in [-0.15, -0.1) is 0 Å². The highest BCUT2D eigenvalue weighted by atomic mass is 16.5. The van der Waals surface area contributed by atoms with Gasteiger partial charge in [0.15, 0.2) is 0 Å². The molecule has 5 heteroatoms. The van der Waals surface area contributed by atoms with Crippen molar-refractivity contribution in [2.24, 2.45) is 11.8 Å². The zero-order chi connectivity index (χ0) is 15.2. The summed E-state index contributed by atoms with van der Waals surface area (Å²) in [5, 5.41) is 17.8. The van der Waals surface area contributed by atoms with Gasteiger partial charge in [-0.1, -0.05) is 26.7 Å². The minimum atomic E-state index is -0.795. The van der Waals surface area contributed by atoms with Crippen LogP contribution in [0.5, 0.6) is 0 Å². The molecule has 0 amide bonds. The first-order valence-electron chi connectivity index (χ1n) is 8.15. The largest absolute Gasteiger partial charge is 0.481 e. The molecule has 0 unspecified atom stereocenters. The first kappa shape index (κ1) is 18.9. The van der Waals surface area contributed by atoms with E-state index < -0.39 is 5.97 Å². The van der Waals surface area contributed by atoms with Crippen LogP contribution >= 0.6 is 0 Å². The quantitative estimate of drug-likeness (QED) is 0.765. The second-order valence-corrected chi connectivity index (χ2v) is 6.49. The van der Waals surface area contributed by atoms with Crippen LogP contribution in [0.15, 0.2) is 0 Å². The number of carboxylic acids is 1. The van der Waals surface area contributed by atoms with Gasteiger partial charge in [0.1, 0.15) is 6.10 Å². The number of carbonyl (C=O) groups excluding carboxylic acids is 1. The van der Waals surface area contributed by atoms with E-state index in [2.05, 4.69) is 0 Å². The topological polar surface area (TPSA) is 83.8 Å². The van der Waals surface area contributed by atoms with Gasteiger partial charge in [-0.2, -0.15) is 0 Å². The molecular formula is C17H30O5. The molecule has 1 aliphatic heterocycles.